The zero-order valence-electron chi connectivity index (χ0n) is 17.2. The summed E-state index contributed by atoms with van der Waals surface area (Å²) in [5.41, 5.74) is 1.03. The summed E-state index contributed by atoms with van der Waals surface area (Å²) in [6.07, 6.45) is 7.49. The molecule has 30 heavy (non-hydrogen) atoms. The van der Waals surface area contributed by atoms with Crippen LogP contribution in [0.15, 0.2) is 68.8 Å². The zero-order chi connectivity index (χ0) is 20.8. The van der Waals surface area contributed by atoms with Gasteiger partial charge in [-0.3, -0.25) is 0 Å². The summed E-state index contributed by atoms with van der Waals surface area (Å²) < 4.78 is 32.5. The average Bonchev–Trinajstić information content (AvgIpc) is 2.71. The summed E-state index contributed by atoms with van der Waals surface area (Å²) >= 11 is 2.55. The van der Waals surface area contributed by atoms with E-state index >= 15 is 0 Å². The average molecular weight is 458 g/mol. The lowest BCUT2D eigenvalue weighted by Crippen LogP contribution is -2.49. The van der Waals surface area contributed by atoms with Crippen LogP contribution in [0.2, 0.25) is 0 Å². The first-order valence-corrected chi connectivity index (χ1v) is 13.8. The Morgan fingerprint density at radius 1 is 0.900 bits per heavy atom. The smallest absolute Gasteiger partial charge is 0.222 e. The van der Waals surface area contributed by atoms with Gasteiger partial charge in [-0.05, 0) is 98.6 Å². The van der Waals surface area contributed by atoms with Crippen LogP contribution >= 0.6 is 11.8 Å². The summed E-state index contributed by atoms with van der Waals surface area (Å²) in [4.78, 5) is 1.27. The molecule has 0 heterocycles. The Labute approximate surface area is 187 Å². The van der Waals surface area contributed by atoms with Crippen LogP contribution in [0.3, 0.4) is 0 Å². The summed E-state index contributed by atoms with van der Waals surface area (Å²) in [5.74, 6) is 2.37. The van der Waals surface area contributed by atoms with Gasteiger partial charge in [-0.25, -0.2) is 12.8 Å². The quantitative estimate of drug-likeness (QED) is 0.427. The van der Waals surface area contributed by atoms with Crippen LogP contribution in [0.4, 0.5) is 0 Å². The molecule has 4 bridgehead atoms. The minimum Gasteiger partial charge on any atom is -0.222 e. The molecular weight excluding hydrogens is 430 g/mol. The maximum absolute atomic E-state index is 13.5. The molecule has 2 aromatic carbocycles. The predicted molar refractivity (Wildman–Crippen MR) is 126 cm³/mol. The molecule has 0 amide bonds. The SMILES string of the molecule is Cc1ccc(S(=O)(=O)C(Sc2ccccc2)=S=NC23CC4CC(CC(C4)C2)C3)cc1. The summed E-state index contributed by atoms with van der Waals surface area (Å²) in [6, 6.07) is 16.9. The van der Waals surface area contributed by atoms with E-state index in [1.54, 1.807) is 12.1 Å². The van der Waals surface area contributed by atoms with Gasteiger partial charge in [0.2, 0.25) is 9.84 Å². The van der Waals surface area contributed by atoms with Gasteiger partial charge in [-0.1, -0.05) is 47.7 Å². The monoisotopic (exact) mass is 457 g/mol. The Morgan fingerprint density at radius 2 is 1.47 bits per heavy atom. The summed E-state index contributed by atoms with van der Waals surface area (Å²) in [5, 5.41) is 0. The molecule has 0 unspecified atom stereocenters. The van der Waals surface area contributed by atoms with Gasteiger partial charge in [-0.2, -0.15) is 0 Å². The second kappa shape index (κ2) is 7.95. The van der Waals surface area contributed by atoms with Crippen molar-refractivity contribution in [3.63, 3.8) is 0 Å². The van der Waals surface area contributed by atoms with E-state index in [4.69, 9.17) is 4.36 Å². The van der Waals surface area contributed by atoms with Gasteiger partial charge in [0.25, 0.3) is 0 Å². The fourth-order valence-electron chi connectivity index (χ4n) is 5.83. The number of sulfone groups is 1. The van der Waals surface area contributed by atoms with E-state index in [2.05, 4.69) is 0 Å². The van der Waals surface area contributed by atoms with E-state index in [0.717, 1.165) is 47.5 Å². The molecule has 2 aromatic rings. The number of hydrogen-bond donors (Lipinski definition) is 0. The number of nitrogens with zero attached hydrogens (tertiary/aromatic N) is 1. The van der Waals surface area contributed by atoms with E-state index < -0.39 is 9.84 Å². The summed E-state index contributed by atoms with van der Waals surface area (Å²) in [7, 11) is -3.60. The molecule has 0 radical (unpaired) electrons. The van der Waals surface area contributed by atoms with Gasteiger partial charge < -0.3 is 0 Å². The first kappa shape index (κ1) is 20.5. The lowest BCUT2D eigenvalue weighted by molar-refractivity contribution is 0.00292. The maximum Gasteiger partial charge on any atom is 0.223 e. The van der Waals surface area contributed by atoms with Gasteiger partial charge in [0.05, 0.1) is 10.4 Å². The molecule has 4 aliphatic rings. The van der Waals surface area contributed by atoms with Crippen LogP contribution in [-0.4, -0.2) is 17.5 Å². The molecule has 158 valence electrons. The van der Waals surface area contributed by atoms with E-state index in [-0.39, 0.29) is 5.54 Å². The zero-order valence-corrected chi connectivity index (χ0v) is 19.6. The normalized spacial score (nSPS) is 29.6. The predicted octanol–water partition coefficient (Wildman–Crippen LogP) is 5.88. The summed E-state index contributed by atoms with van der Waals surface area (Å²) in [6.45, 7) is 1.97. The van der Waals surface area contributed by atoms with Crippen molar-refractivity contribution in [2.45, 2.75) is 60.8 Å². The third-order valence-corrected chi connectivity index (χ3v) is 11.7. The molecule has 0 spiro atoms. The Balaban J connectivity index is 1.56. The Hall–Kier alpha value is -1.37. The number of hydrogen-bond acceptors (Lipinski definition) is 4. The minimum absolute atomic E-state index is 0.0231. The van der Waals surface area contributed by atoms with Gasteiger partial charge in [0.1, 0.15) is 0 Å². The van der Waals surface area contributed by atoms with Crippen LogP contribution in [0.5, 0.6) is 0 Å². The van der Waals surface area contributed by atoms with Crippen LogP contribution in [0.25, 0.3) is 0 Å². The van der Waals surface area contributed by atoms with Gasteiger partial charge in [0, 0.05) is 4.90 Å². The topological polar surface area (TPSA) is 46.5 Å². The fourth-order valence-corrected chi connectivity index (χ4v) is 9.85. The van der Waals surface area contributed by atoms with Crippen LogP contribution in [0, 0.1) is 24.7 Å². The molecule has 0 aromatic heterocycles. The fraction of sp³-hybridized carbons (Fsp3) is 0.458. The molecule has 4 saturated carbocycles. The van der Waals surface area contributed by atoms with E-state index in [1.165, 1.54) is 42.2 Å². The van der Waals surface area contributed by atoms with Crippen LogP contribution < -0.4 is 0 Å². The molecule has 4 fully saturated rings. The van der Waals surface area contributed by atoms with E-state index in [0.29, 0.717) is 8.42 Å². The molecule has 3 nitrogen and oxygen atoms in total. The third-order valence-electron chi connectivity index (χ3n) is 6.81. The van der Waals surface area contributed by atoms with Crippen LogP contribution in [-0.2, 0) is 21.0 Å². The van der Waals surface area contributed by atoms with Gasteiger partial charge in [0.15, 0.2) is 3.53 Å². The molecule has 0 atom stereocenters. The van der Waals surface area contributed by atoms with Crippen molar-refractivity contribution in [2.75, 3.05) is 0 Å². The number of aryl methyl sites for hydroxylation is 1. The van der Waals surface area contributed by atoms with Gasteiger partial charge >= 0.3 is 0 Å². The molecule has 0 saturated heterocycles. The highest BCUT2D eigenvalue weighted by atomic mass is 32.3. The molecular formula is C24H27NO2S3. The standard InChI is InChI=1S/C24H27NO2S3/c1-17-7-9-22(10-8-17)30(26,27)23(28-21-5-3-2-4-6-21)29-25-24-14-18-11-19(15-24)13-20(12-18)16-24/h2-10,18-20H,11-16H2,1H3. The van der Waals surface area contributed by atoms with Crippen molar-refractivity contribution >= 4 is 36.3 Å². The van der Waals surface area contributed by atoms with Crippen molar-refractivity contribution < 1.29 is 8.42 Å². The van der Waals surface area contributed by atoms with Crippen LogP contribution in [0.1, 0.15) is 44.1 Å². The van der Waals surface area contributed by atoms with Crippen molar-refractivity contribution in [1.29, 1.82) is 0 Å². The highest BCUT2D eigenvalue weighted by molar-refractivity contribution is 8.42. The van der Waals surface area contributed by atoms with E-state index in [9.17, 15) is 8.42 Å². The number of benzene rings is 2. The van der Waals surface area contributed by atoms with Crippen molar-refractivity contribution in [3.8, 4) is 0 Å². The Kier molecular flexibility index (Phi) is 5.44. The van der Waals surface area contributed by atoms with Crippen molar-refractivity contribution in [3.05, 3.63) is 60.2 Å². The van der Waals surface area contributed by atoms with E-state index in [1.807, 2.05) is 49.4 Å². The first-order chi connectivity index (χ1) is 14.4. The number of thioether (sulfide) groups is 1. The third kappa shape index (κ3) is 4.06. The largest absolute Gasteiger partial charge is 0.223 e. The van der Waals surface area contributed by atoms with Crippen molar-refractivity contribution in [2.24, 2.45) is 22.1 Å². The number of rotatable bonds is 3. The lowest BCUT2D eigenvalue weighted by atomic mass is 9.53. The highest BCUT2D eigenvalue weighted by Crippen LogP contribution is 2.57. The molecule has 0 aliphatic heterocycles. The highest BCUT2D eigenvalue weighted by Gasteiger charge is 2.51. The second-order valence-corrected chi connectivity index (χ2v) is 13.8. The molecule has 6 heteroatoms. The lowest BCUT2D eigenvalue weighted by Gasteiger charge is -2.54. The molecule has 0 N–H and O–H groups in total. The minimum atomic E-state index is -3.60. The van der Waals surface area contributed by atoms with Gasteiger partial charge in [-0.15, -0.1) is 0 Å². The second-order valence-electron chi connectivity index (χ2n) is 9.31. The Bertz CT molecular complexity index is 1070. The first-order valence-electron chi connectivity index (χ1n) is 10.7. The van der Waals surface area contributed by atoms with Crippen molar-refractivity contribution in [1.82, 2.24) is 0 Å². The maximum atomic E-state index is 13.5. The molecule has 6 rings (SSSR count). The molecule has 4 aliphatic carbocycles. The Morgan fingerprint density at radius 3 is 2.03 bits per heavy atom.